The lowest BCUT2D eigenvalue weighted by atomic mass is 10.1. The van der Waals surface area contributed by atoms with Crippen LogP contribution >= 0.6 is 12.4 Å². The minimum absolute atomic E-state index is 0. The van der Waals surface area contributed by atoms with Crippen LogP contribution in [0.2, 0.25) is 0 Å². The Morgan fingerprint density at radius 1 is 1.42 bits per heavy atom. The van der Waals surface area contributed by atoms with Gasteiger partial charge in [-0.25, -0.2) is 0 Å². The molecule has 1 aromatic rings. The average molecular weight is 287 g/mol. The van der Waals surface area contributed by atoms with E-state index in [9.17, 15) is 4.79 Å². The van der Waals surface area contributed by atoms with E-state index in [1.807, 2.05) is 39.1 Å². The van der Waals surface area contributed by atoms with E-state index in [2.05, 4.69) is 10.6 Å². The first-order valence-corrected chi connectivity index (χ1v) is 6.14. The lowest BCUT2D eigenvalue weighted by Gasteiger charge is -2.12. The number of carbonyl (C=O) groups is 1. The van der Waals surface area contributed by atoms with Crippen molar-refractivity contribution in [1.82, 2.24) is 10.6 Å². The molecule has 4 nitrogen and oxygen atoms in total. The largest absolute Gasteiger partial charge is 0.496 e. The molecule has 0 saturated carbocycles. The van der Waals surface area contributed by atoms with E-state index >= 15 is 0 Å². The molecule has 108 valence electrons. The van der Waals surface area contributed by atoms with Crippen LogP contribution in [0.1, 0.15) is 18.1 Å². The molecule has 1 unspecified atom stereocenters. The number of benzene rings is 1. The van der Waals surface area contributed by atoms with E-state index < -0.39 is 0 Å². The summed E-state index contributed by atoms with van der Waals surface area (Å²) < 4.78 is 5.24. The number of nitrogens with one attached hydrogen (secondary N) is 2. The number of ether oxygens (including phenoxy) is 1. The lowest BCUT2D eigenvalue weighted by Crippen LogP contribution is -2.37. The van der Waals surface area contributed by atoms with E-state index in [4.69, 9.17) is 4.74 Å². The van der Waals surface area contributed by atoms with Crippen LogP contribution in [0.5, 0.6) is 5.75 Å². The second-order valence-electron chi connectivity index (χ2n) is 4.47. The van der Waals surface area contributed by atoms with Gasteiger partial charge in [-0.05, 0) is 38.1 Å². The maximum absolute atomic E-state index is 11.7. The van der Waals surface area contributed by atoms with E-state index in [1.165, 1.54) is 0 Å². The maximum atomic E-state index is 11.7. The molecule has 0 radical (unpaired) electrons. The summed E-state index contributed by atoms with van der Waals surface area (Å²) in [7, 11) is 3.52. The molecule has 0 bridgehead atoms. The summed E-state index contributed by atoms with van der Waals surface area (Å²) in [6.45, 7) is 4.64. The summed E-state index contributed by atoms with van der Waals surface area (Å²) in [5.41, 5.74) is 2.04. The van der Waals surface area contributed by atoms with Crippen molar-refractivity contribution in [3.05, 3.63) is 29.3 Å². The molecule has 2 N–H and O–H groups in total. The van der Waals surface area contributed by atoms with Gasteiger partial charge in [-0.1, -0.05) is 12.1 Å². The minimum atomic E-state index is 0. The monoisotopic (exact) mass is 286 g/mol. The molecule has 0 fully saturated rings. The summed E-state index contributed by atoms with van der Waals surface area (Å²) in [6, 6.07) is 6.12. The SMILES string of the molecule is CNC(C)CNC(=O)Cc1ccc(C)c(OC)c1.Cl. The third kappa shape index (κ3) is 5.94. The van der Waals surface area contributed by atoms with Gasteiger partial charge >= 0.3 is 0 Å². The Kier molecular flexibility index (Phi) is 8.19. The zero-order valence-electron chi connectivity index (χ0n) is 11.9. The predicted octanol–water partition coefficient (Wildman–Crippen LogP) is 1.69. The quantitative estimate of drug-likeness (QED) is 0.837. The lowest BCUT2D eigenvalue weighted by molar-refractivity contribution is -0.120. The van der Waals surface area contributed by atoms with Crippen LogP contribution in [0.3, 0.4) is 0 Å². The van der Waals surface area contributed by atoms with Crippen LogP contribution in [0.25, 0.3) is 0 Å². The summed E-state index contributed by atoms with van der Waals surface area (Å²) in [5, 5.41) is 5.97. The van der Waals surface area contributed by atoms with Gasteiger partial charge in [0.25, 0.3) is 0 Å². The van der Waals surface area contributed by atoms with Gasteiger partial charge in [0.1, 0.15) is 5.75 Å². The molecule has 1 aromatic carbocycles. The fraction of sp³-hybridized carbons (Fsp3) is 0.500. The van der Waals surface area contributed by atoms with Gasteiger partial charge in [0.15, 0.2) is 0 Å². The summed E-state index contributed by atoms with van der Waals surface area (Å²) in [4.78, 5) is 11.7. The van der Waals surface area contributed by atoms with E-state index in [-0.39, 0.29) is 24.4 Å². The Hall–Kier alpha value is -1.26. The highest BCUT2D eigenvalue weighted by molar-refractivity contribution is 5.85. The van der Waals surface area contributed by atoms with Gasteiger partial charge in [0, 0.05) is 12.6 Å². The van der Waals surface area contributed by atoms with E-state index in [0.29, 0.717) is 13.0 Å². The van der Waals surface area contributed by atoms with Crippen molar-refractivity contribution >= 4 is 18.3 Å². The number of hydrogen-bond acceptors (Lipinski definition) is 3. The predicted molar refractivity (Wildman–Crippen MR) is 80.2 cm³/mol. The highest BCUT2D eigenvalue weighted by atomic mass is 35.5. The van der Waals surface area contributed by atoms with Crippen LogP contribution in [-0.2, 0) is 11.2 Å². The van der Waals surface area contributed by atoms with Crippen LogP contribution in [-0.4, -0.2) is 32.7 Å². The Morgan fingerprint density at radius 2 is 2.11 bits per heavy atom. The Bertz CT molecular complexity index is 410. The van der Waals surface area contributed by atoms with Crippen molar-refractivity contribution < 1.29 is 9.53 Å². The van der Waals surface area contributed by atoms with Crippen molar-refractivity contribution in [2.24, 2.45) is 0 Å². The van der Waals surface area contributed by atoms with Crippen LogP contribution in [0.4, 0.5) is 0 Å². The van der Waals surface area contributed by atoms with Crippen molar-refractivity contribution in [3.63, 3.8) is 0 Å². The number of rotatable bonds is 6. The number of amides is 1. The number of methoxy groups -OCH3 is 1. The maximum Gasteiger partial charge on any atom is 0.224 e. The fourth-order valence-corrected chi connectivity index (χ4v) is 1.59. The molecule has 1 rings (SSSR count). The molecule has 0 aliphatic carbocycles. The molecular formula is C14H23ClN2O2. The number of carbonyl (C=O) groups excluding carboxylic acids is 1. The first-order chi connectivity index (χ1) is 8.56. The Balaban J connectivity index is 0.00000324. The molecule has 5 heteroatoms. The molecule has 0 heterocycles. The van der Waals surface area contributed by atoms with Crippen molar-refractivity contribution in [2.45, 2.75) is 26.3 Å². The third-order valence-corrected chi connectivity index (χ3v) is 2.94. The van der Waals surface area contributed by atoms with Crippen molar-refractivity contribution in [3.8, 4) is 5.75 Å². The number of likely N-dealkylation sites (N-methyl/N-ethyl adjacent to an activating group) is 1. The average Bonchev–Trinajstić information content (AvgIpc) is 2.38. The van der Waals surface area contributed by atoms with E-state index in [1.54, 1.807) is 7.11 Å². The summed E-state index contributed by atoms with van der Waals surface area (Å²) in [6.07, 6.45) is 0.382. The topological polar surface area (TPSA) is 50.4 Å². The number of halogens is 1. The minimum Gasteiger partial charge on any atom is -0.496 e. The van der Waals surface area contributed by atoms with Gasteiger partial charge in [-0.15, -0.1) is 12.4 Å². The zero-order chi connectivity index (χ0) is 13.5. The summed E-state index contributed by atoms with van der Waals surface area (Å²) >= 11 is 0. The molecular weight excluding hydrogens is 264 g/mol. The molecule has 0 spiro atoms. The molecule has 0 aliphatic heterocycles. The normalized spacial score (nSPS) is 11.4. The zero-order valence-corrected chi connectivity index (χ0v) is 12.8. The number of hydrogen-bond donors (Lipinski definition) is 2. The summed E-state index contributed by atoms with van der Waals surface area (Å²) in [5.74, 6) is 0.854. The van der Waals surface area contributed by atoms with Gasteiger partial charge in [-0.3, -0.25) is 4.79 Å². The van der Waals surface area contributed by atoms with Gasteiger partial charge in [0.2, 0.25) is 5.91 Å². The molecule has 0 aromatic heterocycles. The highest BCUT2D eigenvalue weighted by Crippen LogP contribution is 2.19. The highest BCUT2D eigenvalue weighted by Gasteiger charge is 2.07. The second-order valence-corrected chi connectivity index (χ2v) is 4.47. The van der Waals surface area contributed by atoms with Gasteiger partial charge < -0.3 is 15.4 Å². The molecule has 19 heavy (non-hydrogen) atoms. The first kappa shape index (κ1) is 17.7. The second kappa shape index (κ2) is 8.77. The first-order valence-electron chi connectivity index (χ1n) is 6.14. The van der Waals surface area contributed by atoms with Crippen LogP contribution < -0.4 is 15.4 Å². The number of aryl methyl sites for hydroxylation is 1. The van der Waals surface area contributed by atoms with Gasteiger partial charge in [0.05, 0.1) is 13.5 Å². The molecule has 1 amide bonds. The van der Waals surface area contributed by atoms with Crippen molar-refractivity contribution in [1.29, 1.82) is 0 Å². The fourth-order valence-electron chi connectivity index (χ4n) is 1.59. The van der Waals surface area contributed by atoms with E-state index in [0.717, 1.165) is 16.9 Å². The third-order valence-electron chi connectivity index (χ3n) is 2.94. The van der Waals surface area contributed by atoms with Crippen molar-refractivity contribution in [2.75, 3.05) is 20.7 Å². The smallest absolute Gasteiger partial charge is 0.224 e. The Morgan fingerprint density at radius 3 is 2.68 bits per heavy atom. The van der Waals surface area contributed by atoms with Crippen LogP contribution in [0, 0.1) is 6.92 Å². The standard InChI is InChI=1S/C14H22N2O2.ClH/c1-10-5-6-12(7-13(10)18-4)8-14(17)16-9-11(2)15-3;/h5-7,11,15H,8-9H2,1-4H3,(H,16,17);1H. The van der Waals surface area contributed by atoms with Gasteiger partial charge in [-0.2, -0.15) is 0 Å². The van der Waals surface area contributed by atoms with Crippen LogP contribution in [0.15, 0.2) is 18.2 Å². The molecule has 0 saturated heterocycles. The molecule has 1 atom stereocenters. The molecule has 0 aliphatic rings. The Labute approximate surface area is 121 Å².